The molecule has 2 aromatic carbocycles. The number of halogens is 3. The first kappa shape index (κ1) is 22.5. The highest BCUT2D eigenvalue weighted by Crippen LogP contribution is 2.26. The van der Waals surface area contributed by atoms with Gasteiger partial charge in [0.15, 0.2) is 0 Å². The number of anilines is 1. The fraction of sp³-hybridized carbons (Fsp3) is 0.222. The van der Waals surface area contributed by atoms with Gasteiger partial charge in [-0.25, -0.2) is 8.42 Å². The Morgan fingerprint density at radius 1 is 1.14 bits per heavy atom. The molecule has 0 aliphatic carbocycles. The molecule has 0 fully saturated rings. The average molecular weight is 461 g/mol. The smallest absolute Gasteiger partial charge is 0.243 e. The summed E-state index contributed by atoms with van der Waals surface area (Å²) in [5.41, 5.74) is 0.449. The molecule has 0 atom stereocenters. The summed E-state index contributed by atoms with van der Waals surface area (Å²) in [5, 5.41) is 12.2. The van der Waals surface area contributed by atoms with Gasteiger partial charge < -0.3 is 5.32 Å². The van der Waals surface area contributed by atoms with E-state index in [4.69, 9.17) is 40.1 Å². The van der Waals surface area contributed by atoms with E-state index in [0.29, 0.717) is 11.4 Å². The van der Waals surface area contributed by atoms with Crippen LogP contribution in [-0.2, 0) is 14.8 Å². The Hall–Kier alpha value is -1.82. The van der Waals surface area contributed by atoms with E-state index in [1.54, 1.807) is 13.0 Å². The predicted molar refractivity (Wildman–Crippen MR) is 110 cm³/mol. The number of carbonyl (C=O) groups excluding carboxylic acids is 1. The summed E-state index contributed by atoms with van der Waals surface area (Å²) in [4.78, 5) is 12.3. The normalized spacial score (nSPS) is 11.3. The molecule has 28 heavy (non-hydrogen) atoms. The molecular weight excluding hydrogens is 445 g/mol. The molecule has 0 saturated carbocycles. The van der Waals surface area contributed by atoms with E-state index in [2.05, 4.69) is 5.32 Å². The van der Waals surface area contributed by atoms with Gasteiger partial charge in [-0.3, -0.25) is 4.79 Å². The highest BCUT2D eigenvalue weighted by atomic mass is 35.5. The van der Waals surface area contributed by atoms with Crippen molar-refractivity contribution in [2.75, 3.05) is 18.4 Å². The van der Waals surface area contributed by atoms with Crippen molar-refractivity contribution in [1.82, 2.24) is 4.31 Å². The van der Waals surface area contributed by atoms with Crippen LogP contribution in [0.25, 0.3) is 0 Å². The van der Waals surface area contributed by atoms with Crippen molar-refractivity contribution in [3.8, 4) is 6.07 Å². The highest BCUT2D eigenvalue weighted by Gasteiger charge is 2.27. The van der Waals surface area contributed by atoms with Gasteiger partial charge in [-0.15, -0.1) is 0 Å². The lowest BCUT2D eigenvalue weighted by Crippen LogP contribution is -2.38. The van der Waals surface area contributed by atoms with Crippen LogP contribution < -0.4 is 5.32 Å². The van der Waals surface area contributed by atoms with Gasteiger partial charge in [0, 0.05) is 11.6 Å². The molecule has 0 bridgehead atoms. The maximum Gasteiger partial charge on any atom is 0.243 e. The average Bonchev–Trinajstić information content (AvgIpc) is 2.64. The number of carbonyl (C=O) groups is 1. The van der Waals surface area contributed by atoms with E-state index < -0.39 is 22.5 Å². The fourth-order valence-electron chi connectivity index (χ4n) is 2.37. The molecule has 1 amide bonds. The van der Waals surface area contributed by atoms with Crippen LogP contribution >= 0.6 is 34.8 Å². The third kappa shape index (κ3) is 5.37. The second-order valence-corrected chi connectivity index (χ2v) is 8.95. The summed E-state index contributed by atoms with van der Waals surface area (Å²) in [6, 6.07) is 10.2. The third-order valence-corrected chi connectivity index (χ3v) is 6.41. The van der Waals surface area contributed by atoms with Gasteiger partial charge >= 0.3 is 0 Å². The molecule has 0 radical (unpaired) electrons. The van der Waals surface area contributed by atoms with Crippen molar-refractivity contribution in [3.05, 3.63) is 57.0 Å². The van der Waals surface area contributed by atoms with E-state index in [1.165, 1.54) is 30.3 Å². The van der Waals surface area contributed by atoms with E-state index in [1.807, 2.05) is 6.07 Å². The summed E-state index contributed by atoms with van der Waals surface area (Å²) in [6.07, 6.45) is 0.494. The lowest BCUT2D eigenvalue weighted by molar-refractivity contribution is -0.116. The summed E-state index contributed by atoms with van der Waals surface area (Å²) in [7, 11) is -4.00. The SMILES string of the molecule is CCCN(CC(=O)Nc1cc(Cl)ccc1Cl)S(=O)(=O)c1ccc(C#N)c(Cl)c1. The molecule has 6 nitrogen and oxygen atoms in total. The minimum atomic E-state index is -4.00. The van der Waals surface area contributed by atoms with Gasteiger partial charge in [0.25, 0.3) is 0 Å². The summed E-state index contributed by atoms with van der Waals surface area (Å²) in [6.45, 7) is 1.49. The second-order valence-electron chi connectivity index (χ2n) is 5.76. The molecule has 0 spiro atoms. The first-order chi connectivity index (χ1) is 13.2. The maximum atomic E-state index is 12.9. The van der Waals surface area contributed by atoms with Crippen LogP contribution in [0.1, 0.15) is 18.9 Å². The molecule has 148 valence electrons. The van der Waals surface area contributed by atoms with Crippen LogP contribution in [0.4, 0.5) is 5.69 Å². The van der Waals surface area contributed by atoms with Crippen molar-refractivity contribution in [2.24, 2.45) is 0 Å². The summed E-state index contributed by atoms with van der Waals surface area (Å²) >= 11 is 17.9. The van der Waals surface area contributed by atoms with E-state index >= 15 is 0 Å². The number of sulfonamides is 1. The topological polar surface area (TPSA) is 90.3 Å². The molecule has 0 saturated heterocycles. The van der Waals surface area contributed by atoms with Gasteiger partial charge in [-0.2, -0.15) is 9.57 Å². The van der Waals surface area contributed by atoms with Gasteiger partial charge in [-0.05, 0) is 42.8 Å². The van der Waals surface area contributed by atoms with Crippen LogP contribution in [0.3, 0.4) is 0 Å². The number of nitrogens with one attached hydrogen (secondary N) is 1. The molecule has 0 aliphatic rings. The lowest BCUT2D eigenvalue weighted by Gasteiger charge is -2.21. The molecule has 0 aromatic heterocycles. The Bertz CT molecular complexity index is 1040. The number of hydrogen-bond donors (Lipinski definition) is 1. The van der Waals surface area contributed by atoms with Crippen LogP contribution in [0.15, 0.2) is 41.3 Å². The van der Waals surface area contributed by atoms with Crippen molar-refractivity contribution in [1.29, 1.82) is 5.26 Å². The Kier molecular flexibility index (Phi) is 7.70. The Morgan fingerprint density at radius 2 is 1.86 bits per heavy atom. The fourth-order valence-corrected chi connectivity index (χ4v) is 4.51. The van der Waals surface area contributed by atoms with Crippen molar-refractivity contribution in [2.45, 2.75) is 18.2 Å². The molecule has 10 heteroatoms. The van der Waals surface area contributed by atoms with E-state index in [0.717, 1.165) is 4.31 Å². The zero-order valence-corrected chi connectivity index (χ0v) is 17.8. The molecule has 0 heterocycles. The van der Waals surface area contributed by atoms with Crippen LogP contribution in [-0.4, -0.2) is 31.7 Å². The Balaban J connectivity index is 2.26. The minimum absolute atomic E-state index is 0.0233. The maximum absolute atomic E-state index is 12.9. The second kappa shape index (κ2) is 9.59. The number of nitrogens with zero attached hydrogens (tertiary/aromatic N) is 2. The number of rotatable bonds is 7. The van der Waals surface area contributed by atoms with Gasteiger partial charge in [0.05, 0.1) is 32.7 Å². The quantitative estimate of drug-likeness (QED) is 0.656. The zero-order chi connectivity index (χ0) is 20.9. The van der Waals surface area contributed by atoms with E-state index in [9.17, 15) is 13.2 Å². The first-order valence-corrected chi connectivity index (χ1v) is 10.7. The summed E-state index contributed by atoms with van der Waals surface area (Å²) in [5.74, 6) is -0.569. The third-order valence-electron chi connectivity index (χ3n) is 3.69. The number of hydrogen-bond acceptors (Lipinski definition) is 4. The molecule has 0 aliphatic heterocycles. The summed E-state index contributed by atoms with van der Waals surface area (Å²) < 4.78 is 26.9. The molecule has 2 aromatic rings. The van der Waals surface area contributed by atoms with Gasteiger partial charge in [0.2, 0.25) is 15.9 Å². The highest BCUT2D eigenvalue weighted by molar-refractivity contribution is 7.89. The molecular formula is C18H16Cl3N3O3S. The van der Waals surface area contributed by atoms with Crippen LogP contribution in [0, 0.1) is 11.3 Å². The monoisotopic (exact) mass is 459 g/mol. The zero-order valence-electron chi connectivity index (χ0n) is 14.7. The minimum Gasteiger partial charge on any atom is -0.324 e. The first-order valence-electron chi connectivity index (χ1n) is 8.13. The standard InChI is InChI=1S/C18H16Cl3N3O3S/c1-2-7-24(11-18(25)23-17-8-13(19)4-6-15(17)20)28(26,27)14-5-3-12(10-22)16(21)9-14/h3-6,8-9H,2,7,11H2,1H3,(H,23,25). The Morgan fingerprint density at radius 3 is 2.46 bits per heavy atom. The van der Waals surface area contributed by atoms with Gasteiger partial charge in [0.1, 0.15) is 6.07 Å². The predicted octanol–water partition coefficient (Wildman–Crippen LogP) is 4.56. The molecule has 2 rings (SSSR count). The largest absolute Gasteiger partial charge is 0.324 e. The molecule has 0 unspecified atom stereocenters. The van der Waals surface area contributed by atoms with Crippen molar-refractivity contribution < 1.29 is 13.2 Å². The van der Waals surface area contributed by atoms with Gasteiger partial charge in [-0.1, -0.05) is 41.7 Å². The number of benzene rings is 2. The van der Waals surface area contributed by atoms with Crippen LogP contribution in [0.2, 0.25) is 15.1 Å². The number of amides is 1. The van der Waals surface area contributed by atoms with Crippen molar-refractivity contribution >= 4 is 56.4 Å². The van der Waals surface area contributed by atoms with Crippen LogP contribution in [0.5, 0.6) is 0 Å². The lowest BCUT2D eigenvalue weighted by atomic mass is 10.2. The van der Waals surface area contributed by atoms with Crippen molar-refractivity contribution in [3.63, 3.8) is 0 Å². The Labute approximate surface area is 178 Å². The number of nitriles is 1. The van der Waals surface area contributed by atoms with E-state index in [-0.39, 0.29) is 32.7 Å². The molecule has 1 N–H and O–H groups in total.